The van der Waals surface area contributed by atoms with E-state index in [4.69, 9.17) is 18.0 Å². The van der Waals surface area contributed by atoms with E-state index in [1.807, 2.05) is 6.92 Å². The van der Waals surface area contributed by atoms with Crippen LogP contribution in [0, 0.1) is 5.92 Å². The molecule has 0 aliphatic heterocycles. The summed E-state index contributed by atoms with van der Waals surface area (Å²) in [5, 5.41) is 0. The minimum Gasteiger partial charge on any atom is -0.388 e. The van der Waals surface area contributed by atoms with Gasteiger partial charge >= 0.3 is 0 Å². The molecule has 5 nitrogen and oxygen atoms in total. The summed E-state index contributed by atoms with van der Waals surface area (Å²) in [6, 6.07) is 2.86. The monoisotopic (exact) mass is 315 g/mol. The number of aromatic nitrogens is 1. The normalized spacial score (nSPS) is 13.4. The standard InChI is InChI=1S/C13H21N3O2S2/c1-9(2)6-7-10(3)16-20(17,18)11-5-4-8-15-12(11)13(14)19/h4-5,8-10,16H,6-7H2,1-3H3,(H2,14,19). The molecule has 1 unspecified atom stereocenters. The SMILES string of the molecule is CC(C)CCC(C)NS(=O)(=O)c1cccnc1C(N)=S. The lowest BCUT2D eigenvalue weighted by atomic mass is 10.1. The number of thiocarbonyl (C=S) groups is 1. The molecule has 0 aromatic carbocycles. The van der Waals surface area contributed by atoms with Crippen LogP contribution in [0.5, 0.6) is 0 Å². The third-order valence-electron chi connectivity index (χ3n) is 2.83. The molecular formula is C13H21N3O2S2. The van der Waals surface area contributed by atoms with Crippen LogP contribution in [0.25, 0.3) is 0 Å². The van der Waals surface area contributed by atoms with Gasteiger partial charge in [0.25, 0.3) is 0 Å². The van der Waals surface area contributed by atoms with Crippen molar-refractivity contribution in [3.05, 3.63) is 24.0 Å². The molecule has 7 heteroatoms. The summed E-state index contributed by atoms with van der Waals surface area (Å²) < 4.78 is 27.3. The number of pyridine rings is 1. The Bertz CT molecular complexity index is 571. The molecule has 1 aromatic heterocycles. The molecule has 0 aliphatic carbocycles. The maximum Gasteiger partial charge on any atom is 0.243 e. The highest BCUT2D eigenvalue weighted by Gasteiger charge is 2.22. The molecule has 0 bridgehead atoms. The lowest BCUT2D eigenvalue weighted by Gasteiger charge is -2.16. The Balaban J connectivity index is 2.92. The fourth-order valence-corrected chi connectivity index (χ4v) is 3.44. The van der Waals surface area contributed by atoms with Crippen molar-refractivity contribution in [2.24, 2.45) is 11.7 Å². The Kier molecular flexibility index (Phi) is 6.04. The van der Waals surface area contributed by atoms with Gasteiger partial charge in [-0.25, -0.2) is 13.1 Å². The van der Waals surface area contributed by atoms with Crippen LogP contribution in [0.15, 0.2) is 23.2 Å². The number of rotatable bonds is 7. The van der Waals surface area contributed by atoms with Crippen LogP contribution < -0.4 is 10.5 Å². The first-order chi connectivity index (χ1) is 9.24. The van der Waals surface area contributed by atoms with Gasteiger partial charge in [0.2, 0.25) is 10.0 Å². The summed E-state index contributed by atoms with van der Waals surface area (Å²) in [6.45, 7) is 6.05. The van der Waals surface area contributed by atoms with Crippen molar-refractivity contribution in [1.82, 2.24) is 9.71 Å². The van der Waals surface area contributed by atoms with Crippen LogP contribution in [0.1, 0.15) is 39.3 Å². The van der Waals surface area contributed by atoms with E-state index in [2.05, 4.69) is 23.6 Å². The first kappa shape index (κ1) is 17.0. The molecule has 1 atom stereocenters. The van der Waals surface area contributed by atoms with Gasteiger partial charge < -0.3 is 5.73 Å². The van der Waals surface area contributed by atoms with E-state index in [9.17, 15) is 8.42 Å². The van der Waals surface area contributed by atoms with E-state index in [1.54, 1.807) is 6.07 Å². The van der Waals surface area contributed by atoms with Gasteiger partial charge in [-0.1, -0.05) is 26.1 Å². The Morgan fingerprint density at radius 1 is 1.40 bits per heavy atom. The second kappa shape index (κ2) is 7.10. The zero-order valence-corrected chi connectivity index (χ0v) is 13.6. The van der Waals surface area contributed by atoms with Gasteiger partial charge in [-0.15, -0.1) is 0 Å². The van der Waals surface area contributed by atoms with Crippen molar-refractivity contribution in [3.63, 3.8) is 0 Å². The number of hydrogen-bond donors (Lipinski definition) is 2. The summed E-state index contributed by atoms with van der Waals surface area (Å²) in [6.07, 6.45) is 3.20. The number of nitrogens with two attached hydrogens (primary N) is 1. The van der Waals surface area contributed by atoms with Crippen molar-refractivity contribution < 1.29 is 8.42 Å². The minimum absolute atomic E-state index is 0.0270. The van der Waals surface area contributed by atoms with Gasteiger partial charge in [-0.3, -0.25) is 4.98 Å². The van der Waals surface area contributed by atoms with E-state index in [0.717, 1.165) is 12.8 Å². The number of nitrogens with zero attached hydrogens (tertiary/aromatic N) is 1. The van der Waals surface area contributed by atoms with E-state index in [1.165, 1.54) is 12.3 Å². The second-order valence-electron chi connectivity index (χ2n) is 5.21. The van der Waals surface area contributed by atoms with E-state index < -0.39 is 10.0 Å². The highest BCUT2D eigenvalue weighted by molar-refractivity contribution is 7.89. The highest BCUT2D eigenvalue weighted by Crippen LogP contribution is 2.15. The molecule has 0 saturated carbocycles. The molecule has 112 valence electrons. The van der Waals surface area contributed by atoms with Crippen molar-refractivity contribution >= 4 is 27.2 Å². The zero-order valence-electron chi connectivity index (χ0n) is 12.0. The molecule has 0 amide bonds. The summed E-state index contributed by atoms with van der Waals surface area (Å²) in [5.41, 5.74) is 5.65. The summed E-state index contributed by atoms with van der Waals surface area (Å²) in [7, 11) is -3.66. The molecular weight excluding hydrogens is 294 g/mol. The van der Waals surface area contributed by atoms with Crippen molar-refractivity contribution in [3.8, 4) is 0 Å². The van der Waals surface area contributed by atoms with Crippen molar-refractivity contribution in [2.75, 3.05) is 0 Å². The molecule has 0 spiro atoms. The number of sulfonamides is 1. The molecule has 0 aliphatic rings. The molecule has 0 radical (unpaired) electrons. The third kappa shape index (κ3) is 4.81. The maximum absolute atomic E-state index is 12.3. The van der Waals surface area contributed by atoms with E-state index >= 15 is 0 Å². The third-order valence-corrected chi connectivity index (χ3v) is 4.64. The van der Waals surface area contributed by atoms with Crippen LogP contribution in [-0.2, 0) is 10.0 Å². The Morgan fingerprint density at radius 3 is 2.60 bits per heavy atom. The van der Waals surface area contributed by atoms with Gasteiger partial charge in [0.1, 0.15) is 15.6 Å². The van der Waals surface area contributed by atoms with Crippen molar-refractivity contribution in [2.45, 2.75) is 44.6 Å². The minimum atomic E-state index is -3.66. The highest BCUT2D eigenvalue weighted by atomic mass is 32.2. The predicted molar refractivity (Wildman–Crippen MR) is 84.0 cm³/mol. The van der Waals surface area contributed by atoms with Crippen LogP contribution in [0.3, 0.4) is 0 Å². The molecule has 1 heterocycles. The Labute approximate surface area is 126 Å². The fourth-order valence-electron chi connectivity index (χ4n) is 1.76. The van der Waals surface area contributed by atoms with E-state index in [-0.39, 0.29) is 21.6 Å². The molecule has 1 rings (SSSR count). The number of hydrogen-bond acceptors (Lipinski definition) is 4. The maximum atomic E-state index is 12.3. The van der Waals surface area contributed by atoms with E-state index in [0.29, 0.717) is 5.92 Å². The lowest BCUT2D eigenvalue weighted by Crippen LogP contribution is -2.34. The van der Waals surface area contributed by atoms with Gasteiger partial charge in [0.05, 0.1) is 0 Å². The summed E-state index contributed by atoms with van der Waals surface area (Å²) >= 11 is 4.84. The lowest BCUT2D eigenvalue weighted by molar-refractivity contribution is 0.485. The van der Waals surface area contributed by atoms with Crippen LogP contribution in [-0.4, -0.2) is 24.4 Å². The largest absolute Gasteiger partial charge is 0.388 e. The number of nitrogens with one attached hydrogen (secondary N) is 1. The van der Waals surface area contributed by atoms with Crippen LogP contribution in [0.2, 0.25) is 0 Å². The first-order valence-corrected chi connectivity index (χ1v) is 8.40. The summed E-state index contributed by atoms with van der Waals surface area (Å²) in [4.78, 5) is 3.94. The fraction of sp³-hybridized carbons (Fsp3) is 0.538. The smallest absolute Gasteiger partial charge is 0.243 e. The van der Waals surface area contributed by atoms with Gasteiger partial charge in [0.15, 0.2) is 0 Å². The van der Waals surface area contributed by atoms with Gasteiger partial charge in [0, 0.05) is 12.2 Å². The van der Waals surface area contributed by atoms with Crippen molar-refractivity contribution in [1.29, 1.82) is 0 Å². The van der Waals surface area contributed by atoms with Gasteiger partial charge in [-0.2, -0.15) is 0 Å². The van der Waals surface area contributed by atoms with Gasteiger partial charge in [-0.05, 0) is 37.8 Å². The topological polar surface area (TPSA) is 85.1 Å². The quantitative estimate of drug-likeness (QED) is 0.750. The molecule has 3 N–H and O–H groups in total. The average molecular weight is 315 g/mol. The first-order valence-electron chi connectivity index (χ1n) is 6.51. The zero-order chi connectivity index (χ0) is 15.3. The molecule has 0 fully saturated rings. The average Bonchev–Trinajstić information content (AvgIpc) is 2.36. The Hall–Kier alpha value is -1.05. The molecule has 1 aromatic rings. The summed E-state index contributed by atoms with van der Waals surface area (Å²) in [5.74, 6) is 0.535. The van der Waals surface area contributed by atoms with Crippen LogP contribution >= 0.6 is 12.2 Å². The molecule has 0 saturated heterocycles. The Morgan fingerprint density at radius 2 is 2.05 bits per heavy atom. The second-order valence-corrected chi connectivity index (χ2v) is 7.33. The molecule has 20 heavy (non-hydrogen) atoms. The predicted octanol–water partition coefficient (Wildman–Crippen LogP) is 1.82. The van der Waals surface area contributed by atoms with Crippen LogP contribution in [0.4, 0.5) is 0 Å².